The van der Waals surface area contributed by atoms with Crippen LogP contribution >= 0.6 is 0 Å². The van der Waals surface area contributed by atoms with Crippen molar-refractivity contribution in [1.29, 1.82) is 0 Å². The van der Waals surface area contributed by atoms with Crippen LogP contribution in [0.3, 0.4) is 0 Å². The second kappa shape index (κ2) is 6.84. The highest BCUT2D eigenvalue weighted by Crippen LogP contribution is 2.22. The third kappa shape index (κ3) is 3.18. The molecule has 0 unspecified atom stereocenters. The molecule has 0 aliphatic carbocycles. The fraction of sp³-hybridized carbons (Fsp3) is 0.286. The van der Waals surface area contributed by atoms with Gasteiger partial charge in [0.1, 0.15) is 0 Å². The number of amides is 1. The molecule has 0 saturated heterocycles. The summed E-state index contributed by atoms with van der Waals surface area (Å²) in [5.74, 6) is 0.0183. The lowest BCUT2D eigenvalue weighted by molar-refractivity contribution is 0.0733. The Kier molecular flexibility index (Phi) is 4.39. The van der Waals surface area contributed by atoms with Crippen LogP contribution in [0, 0.1) is 0 Å². The maximum Gasteiger partial charge on any atom is 0.253 e. The van der Waals surface area contributed by atoms with E-state index < -0.39 is 0 Å². The van der Waals surface area contributed by atoms with Gasteiger partial charge >= 0.3 is 0 Å². The van der Waals surface area contributed by atoms with Crippen molar-refractivity contribution in [2.24, 2.45) is 0 Å². The van der Waals surface area contributed by atoms with Gasteiger partial charge in [-0.05, 0) is 42.8 Å². The third-order valence-corrected chi connectivity index (χ3v) is 5.16. The monoisotopic (exact) mass is 346 g/mol. The summed E-state index contributed by atoms with van der Waals surface area (Å²) in [6.45, 7) is 1.62. The zero-order valence-corrected chi connectivity index (χ0v) is 15.1. The molecule has 1 atom stereocenters. The number of aromatic nitrogens is 2. The van der Waals surface area contributed by atoms with Gasteiger partial charge in [-0.1, -0.05) is 24.3 Å². The van der Waals surface area contributed by atoms with E-state index in [0.29, 0.717) is 18.2 Å². The molecule has 4 rings (SSSR count). The number of likely N-dealkylation sites (N-methyl/N-ethyl adjacent to an activating group) is 2. The molecular weight excluding hydrogens is 324 g/mol. The first-order chi connectivity index (χ1) is 12.6. The fourth-order valence-corrected chi connectivity index (χ4v) is 3.64. The molecule has 3 aromatic rings. The Balaban J connectivity index is 1.50. The molecule has 26 heavy (non-hydrogen) atoms. The Labute approximate surface area is 153 Å². The lowest BCUT2D eigenvalue weighted by atomic mass is 9.94. The van der Waals surface area contributed by atoms with Gasteiger partial charge in [-0.15, -0.1) is 0 Å². The summed E-state index contributed by atoms with van der Waals surface area (Å²) in [7, 11) is 4.00. The number of hydrogen-bond acceptors (Lipinski definition) is 4. The molecule has 1 aliphatic rings. The minimum absolute atomic E-state index is 0.0183. The Morgan fingerprint density at radius 1 is 1.12 bits per heavy atom. The van der Waals surface area contributed by atoms with Crippen molar-refractivity contribution in [1.82, 2.24) is 19.8 Å². The van der Waals surface area contributed by atoms with Gasteiger partial charge in [0, 0.05) is 44.1 Å². The highest BCUT2D eigenvalue weighted by Gasteiger charge is 2.25. The Morgan fingerprint density at radius 3 is 2.65 bits per heavy atom. The van der Waals surface area contributed by atoms with Crippen LogP contribution in [-0.4, -0.2) is 52.4 Å². The van der Waals surface area contributed by atoms with Crippen molar-refractivity contribution in [2.75, 3.05) is 20.6 Å². The van der Waals surface area contributed by atoms with E-state index in [1.807, 2.05) is 30.1 Å². The molecule has 1 aliphatic heterocycles. The van der Waals surface area contributed by atoms with E-state index in [1.54, 1.807) is 12.4 Å². The first-order valence-corrected chi connectivity index (χ1v) is 8.85. The number of carbonyl (C=O) groups is 1. The molecule has 132 valence electrons. The summed E-state index contributed by atoms with van der Waals surface area (Å²) in [5, 5.41) is 0. The molecule has 0 fully saturated rings. The second-order valence-corrected chi connectivity index (χ2v) is 6.99. The first-order valence-electron chi connectivity index (χ1n) is 8.85. The van der Waals surface area contributed by atoms with Gasteiger partial charge in [0.2, 0.25) is 0 Å². The van der Waals surface area contributed by atoms with Crippen molar-refractivity contribution in [3.63, 3.8) is 0 Å². The second-order valence-electron chi connectivity index (χ2n) is 6.99. The lowest BCUT2D eigenvalue weighted by Crippen LogP contribution is -2.46. The zero-order valence-electron chi connectivity index (χ0n) is 15.1. The third-order valence-electron chi connectivity index (χ3n) is 5.16. The summed E-state index contributed by atoms with van der Waals surface area (Å²) >= 11 is 0. The van der Waals surface area contributed by atoms with E-state index in [1.165, 1.54) is 11.1 Å². The van der Waals surface area contributed by atoms with Crippen LogP contribution in [0.5, 0.6) is 0 Å². The summed E-state index contributed by atoms with van der Waals surface area (Å²) < 4.78 is 0. The lowest BCUT2D eigenvalue weighted by Gasteiger charge is -2.36. The zero-order chi connectivity index (χ0) is 18.1. The van der Waals surface area contributed by atoms with E-state index in [2.05, 4.69) is 46.2 Å². The molecule has 0 radical (unpaired) electrons. The van der Waals surface area contributed by atoms with Gasteiger partial charge < -0.3 is 4.90 Å². The normalized spacial score (nSPS) is 17.1. The van der Waals surface area contributed by atoms with Crippen molar-refractivity contribution in [2.45, 2.75) is 19.0 Å². The molecule has 1 aromatic heterocycles. The molecule has 1 amide bonds. The van der Waals surface area contributed by atoms with Gasteiger partial charge in [-0.2, -0.15) is 0 Å². The van der Waals surface area contributed by atoms with E-state index >= 15 is 0 Å². The van der Waals surface area contributed by atoms with Crippen LogP contribution in [0.25, 0.3) is 11.0 Å². The first kappa shape index (κ1) is 16.7. The Bertz CT molecular complexity index is 955. The van der Waals surface area contributed by atoms with Gasteiger partial charge in [-0.3, -0.25) is 19.7 Å². The van der Waals surface area contributed by atoms with Crippen LogP contribution in [0.15, 0.2) is 54.9 Å². The van der Waals surface area contributed by atoms with Crippen LogP contribution in [-0.2, 0) is 13.0 Å². The number of fused-ring (bicyclic) bond motifs is 2. The fourth-order valence-electron chi connectivity index (χ4n) is 3.64. The number of benzene rings is 2. The SMILES string of the molecule is CN(C[C@@H]1Cc2ccccc2CN1C)C(=O)c1ccc2nccnc2c1. The van der Waals surface area contributed by atoms with Gasteiger partial charge in [-0.25, -0.2) is 0 Å². The smallest absolute Gasteiger partial charge is 0.253 e. The topological polar surface area (TPSA) is 49.3 Å². The van der Waals surface area contributed by atoms with Crippen LogP contribution in [0.2, 0.25) is 0 Å². The van der Waals surface area contributed by atoms with E-state index in [-0.39, 0.29) is 5.91 Å². The van der Waals surface area contributed by atoms with Crippen molar-refractivity contribution < 1.29 is 4.79 Å². The molecule has 2 heterocycles. The maximum atomic E-state index is 12.9. The maximum absolute atomic E-state index is 12.9. The molecule has 0 saturated carbocycles. The van der Waals surface area contributed by atoms with E-state index in [9.17, 15) is 4.79 Å². The van der Waals surface area contributed by atoms with Crippen LogP contribution in [0.1, 0.15) is 21.5 Å². The van der Waals surface area contributed by atoms with Gasteiger partial charge in [0.05, 0.1) is 11.0 Å². The molecule has 5 heteroatoms. The van der Waals surface area contributed by atoms with Crippen LogP contribution < -0.4 is 0 Å². The van der Waals surface area contributed by atoms with Crippen molar-refractivity contribution in [3.8, 4) is 0 Å². The highest BCUT2D eigenvalue weighted by atomic mass is 16.2. The molecule has 5 nitrogen and oxygen atoms in total. The molecule has 0 N–H and O–H groups in total. The number of carbonyl (C=O) groups excluding carboxylic acids is 1. The Morgan fingerprint density at radius 2 is 1.85 bits per heavy atom. The minimum Gasteiger partial charge on any atom is -0.340 e. The summed E-state index contributed by atoms with van der Waals surface area (Å²) in [4.78, 5) is 25.6. The molecule has 0 bridgehead atoms. The minimum atomic E-state index is 0.0183. The molecular formula is C21H22N4O. The number of nitrogens with zero attached hydrogens (tertiary/aromatic N) is 4. The van der Waals surface area contributed by atoms with Crippen molar-refractivity contribution >= 4 is 16.9 Å². The average Bonchev–Trinajstić information content (AvgIpc) is 2.67. The van der Waals surface area contributed by atoms with E-state index in [4.69, 9.17) is 0 Å². The highest BCUT2D eigenvalue weighted by molar-refractivity contribution is 5.97. The number of rotatable bonds is 3. The molecule has 0 spiro atoms. The number of hydrogen-bond donors (Lipinski definition) is 0. The summed E-state index contributed by atoms with van der Waals surface area (Å²) in [6, 6.07) is 14.4. The van der Waals surface area contributed by atoms with Crippen molar-refractivity contribution in [3.05, 3.63) is 71.5 Å². The summed E-state index contributed by atoms with van der Waals surface area (Å²) in [5.41, 5.74) is 4.97. The average molecular weight is 346 g/mol. The quantitative estimate of drug-likeness (QED) is 0.732. The summed E-state index contributed by atoms with van der Waals surface area (Å²) in [6.07, 6.45) is 4.27. The van der Waals surface area contributed by atoms with Crippen LogP contribution in [0.4, 0.5) is 0 Å². The van der Waals surface area contributed by atoms with E-state index in [0.717, 1.165) is 24.0 Å². The van der Waals surface area contributed by atoms with Gasteiger partial charge in [0.25, 0.3) is 5.91 Å². The standard InChI is InChI=1S/C21H22N4O/c1-24-13-17-6-4-3-5-15(17)11-18(24)14-25(2)21(26)16-7-8-19-20(12-16)23-10-9-22-19/h3-10,12,18H,11,13-14H2,1-2H3/t18-/m0/s1. The van der Waals surface area contributed by atoms with Gasteiger partial charge in [0.15, 0.2) is 0 Å². The Hall–Kier alpha value is -2.79. The largest absolute Gasteiger partial charge is 0.340 e. The predicted octanol–water partition coefficient (Wildman–Crippen LogP) is 2.76. The molecule has 2 aromatic carbocycles. The predicted molar refractivity (Wildman–Crippen MR) is 102 cm³/mol.